The third-order valence-electron chi connectivity index (χ3n) is 4.61. The molecule has 2 amide bonds. The molecular formula is C25H25BrN2O3. The molecule has 0 fully saturated rings. The van der Waals surface area contributed by atoms with Crippen molar-refractivity contribution in [1.29, 1.82) is 0 Å². The van der Waals surface area contributed by atoms with Crippen molar-refractivity contribution in [3.8, 4) is 5.75 Å². The van der Waals surface area contributed by atoms with Crippen LogP contribution in [0.5, 0.6) is 5.75 Å². The predicted molar refractivity (Wildman–Crippen MR) is 127 cm³/mol. The van der Waals surface area contributed by atoms with Gasteiger partial charge in [0.1, 0.15) is 5.75 Å². The summed E-state index contributed by atoms with van der Waals surface area (Å²) >= 11 is 3.44. The first kappa shape index (κ1) is 22.6. The zero-order valence-corrected chi connectivity index (χ0v) is 19.3. The highest BCUT2D eigenvalue weighted by atomic mass is 79.9. The van der Waals surface area contributed by atoms with Gasteiger partial charge in [0, 0.05) is 16.8 Å². The van der Waals surface area contributed by atoms with E-state index in [4.69, 9.17) is 4.74 Å². The van der Waals surface area contributed by atoms with Gasteiger partial charge in [0.25, 0.3) is 11.8 Å². The summed E-state index contributed by atoms with van der Waals surface area (Å²) in [5, 5.41) is 5.83. The lowest BCUT2D eigenvalue weighted by Gasteiger charge is -2.14. The van der Waals surface area contributed by atoms with Crippen LogP contribution < -0.4 is 15.4 Å². The highest BCUT2D eigenvalue weighted by molar-refractivity contribution is 9.10. The number of carbonyl (C=O) groups excluding carboxylic acids is 2. The van der Waals surface area contributed by atoms with E-state index in [1.54, 1.807) is 42.5 Å². The molecule has 31 heavy (non-hydrogen) atoms. The number of rotatable bonds is 7. The van der Waals surface area contributed by atoms with E-state index in [2.05, 4.69) is 26.6 Å². The molecule has 0 aliphatic carbocycles. The lowest BCUT2D eigenvalue weighted by molar-refractivity contribution is 0.0939. The third-order valence-corrected chi connectivity index (χ3v) is 5.23. The molecule has 3 rings (SSSR count). The molecule has 0 radical (unpaired) electrons. The molecule has 0 aromatic heterocycles. The van der Waals surface area contributed by atoms with Crippen LogP contribution in [0.15, 0.2) is 77.3 Å². The van der Waals surface area contributed by atoms with Crippen LogP contribution in [0.25, 0.3) is 0 Å². The van der Waals surface area contributed by atoms with Gasteiger partial charge in [-0.1, -0.05) is 30.3 Å². The van der Waals surface area contributed by atoms with Crippen molar-refractivity contribution in [3.63, 3.8) is 0 Å². The smallest absolute Gasteiger partial charge is 0.255 e. The topological polar surface area (TPSA) is 67.4 Å². The van der Waals surface area contributed by atoms with Crippen LogP contribution in [0, 0.1) is 0 Å². The van der Waals surface area contributed by atoms with Crippen molar-refractivity contribution < 1.29 is 14.3 Å². The normalized spacial score (nSPS) is 11.6. The van der Waals surface area contributed by atoms with Crippen molar-refractivity contribution in [2.45, 2.75) is 32.9 Å². The Morgan fingerprint density at radius 3 is 2.10 bits per heavy atom. The Bertz CT molecular complexity index is 1050. The zero-order chi connectivity index (χ0) is 22.4. The van der Waals surface area contributed by atoms with Crippen LogP contribution in [-0.4, -0.2) is 17.9 Å². The first-order chi connectivity index (χ1) is 14.8. The molecule has 3 aromatic carbocycles. The maximum Gasteiger partial charge on any atom is 0.255 e. The monoisotopic (exact) mass is 480 g/mol. The Morgan fingerprint density at radius 2 is 1.48 bits per heavy atom. The fourth-order valence-electron chi connectivity index (χ4n) is 3.00. The van der Waals surface area contributed by atoms with Gasteiger partial charge in [0.15, 0.2) is 0 Å². The number of nitrogens with one attached hydrogen (secondary N) is 2. The summed E-state index contributed by atoms with van der Waals surface area (Å²) in [4.78, 5) is 25.1. The number of anilines is 1. The molecule has 6 heteroatoms. The van der Waals surface area contributed by atoms with E-state index in [0.717, 1.165) is 5.56 Å². The fraction of sp³-hybridized carbons (Fsp3) is 0.200. The van der Waals surface area contributed by atoms with E-state index in [1.165, 1.54) is 0 Å². The molecule has 2 N–H and O–H groups in total. The summed E-state index contributed by atoms with van der Waals surface area (Å²) in [5.74, 6) is 0.275. The lowest BCUT2D eigenvalue weighted by atomic mass is 10.1. The number of ether oxygens (including phenoxy) is 1. The highest BCUT2D eigenvalue weighted by Gasteiger charge is 2.13. The Morgan fingerprint density at radius 1 is 0.839 bits per heavy atom. The third kappa shape index (κ3) is 6.18. The molecule has 1 unspecified atom stereocenters. The Hall–Kier alpha value is -3.12. The quantitative estimate of drug-likeness (QED) is 0.436. The largest absolute Gasteiger partial charge is 0.490 e. The van der Waals surface area contributed by atoms with Crippen LogP contribution in [0.3, 0.4) is 0 Å². The van der Waals surface area contributed by atoms with Crippen LogP contribution in [0.4, 0.5) is 5.69 Å². The highest BCUT2D eigenvalue weighted by Crippen LogP contribution is 2.27. The van der Waals surface area contributed by atoms with Gasteiger partial charge in [-0.15, -0.1) is 0 Å². The van der Waals surface area contributed by atoms with Crippen molar-refractivity contribution >= 4 is 33.4 Å². The fourth-order valence-corrected chi connectivity index (χ4v) is 3.48. The average Bonchev–Trinajstić information content (AvgIpc) is 2.76. The number of hydrogen-bond acceptors (Lipinski definition) is 3. The first-order valence-electron chi connectivity index (χ1n) is 10.1. The molecular weight excluding hydrogens is 456 g/mol. The second-order valence-electron chi connectivity index (χ2n) is 7.45. The van der Waals surface area contributed by atoms with Crippen molar-refractivity contribution in [2.75, 3.05) is 5.32 Å². The number of hydrogen-bond donors (Lipinski definition) is 2. The average molecular weight is 481 g/mol. The lowest BCUT2D eigenvalue weighted by Crippen LogP contribution is -2.26. The Balaban J connectivity index is 1.61. The second-order valence-corrected chi connectivity index (χ2v) is 8.30. The van der Waals surface area contributed by atoms with E-state index < -0.39 is 0 Å². The molecule has 5 nitrogen and oxygen atoms in total. The molecule has 160 valence electrons. The maximum absolute atomic E-state index is 12.6. The summed E-state index contributed by atoms with van der Waals surface area (Å²) in [5.41, 5.74) is 2.67. The minimum Gasteiger partial charge on any atom is -0.490 e. The van der Waals surface area contributed by atoms with Crippen LogP contribution in [0.1, 0.15) is 53.1 Å². The maximum atomic E-state index is 12.6. The zero-order valence-electron chi connectivity index (χ0n) is 17.7. The molecule has 0 saturated carbocycles. The second kappa shape index (κ2) is 10.3. The van der Waals surface area contributed by atoms with E-state index in [9.17, 15) is 9.59 Å². The molecule has 3 aromatic rings. The van der Waals surface area contributed by atoms with Gasteiger partial charge < -0.3 is 15.4 Å². The van der Waals surface area contributed by atoms with Gasteiger partial charge in [-0.05, 0) is 84.7 Å². The number of benzene rings is 3. The molecule has 0 heterocycles. The van der Waals surface area contributed by atoms with Gasteiger partial charge >= 0.3 is 0 Å². The minimum atomic E-state index is -0.244. The molecule has 1 atom stereocenters. The van der Waals surface area contributed by atoms with Crippen LogP contribution in [-0.2, 0) is 0 Å². The summed E-state index contributed by atoms with van der Waals surface area (Å²) in [6, 6.07) is 21.7. The van der Waals surface area contributed by atoms with Crippen LogP contribution in [0.2, 0.25) is 0 Å². The summed E-state index contributed by atoms with van der Waals surface area (Å²) < 4.78 is 6.39. The molecule has 0 aliphatic rings. The van der Waals surface area contributed by atoms with Gasteiger partial charge in [0.05, 0.1) is 16.6 Å². The molecule has 0 aliphatic heterocycles. The number of halogens is 1. The standard InChI is InChI=1S/C25H25BrN2O3/c1-16(2)31-23-14-11-20(15-22(23)26)25(30)28-21-12-9-19(10-13-21)24(29)27-17(3)18-7-5-4-6-8-18/h4-17H,1-3H3,(H,27,29)(H,28,30). The SMILES string of the molecule is CC(C)Oc1ccc(C(=O)Nc2ccc(C(=O)NC(C)c3ccccc3)cc2)cc1Br. The van der Waals surface area contributed by atoms with Gasteiger partial charge in [-0.25, -0.2) is 0 Å². The van der Waals surface area contributed by atoms with Gasteiger partial charge in [-0.3, -0.25) is 9.59 Å². The predicted octanol–water partition coefficient (Wildman–Crippen LogP) is 5.98. The van der Waals surface area contributed by atoms with Crippen molar-refractivity contribution in [2.24, 2.45) is 0 Å². The summed E-state index contributed by atoms with van der Waals surface area (Å²) in [6.45, 7) is 5.83. The minimum absolute atomic E-state index is 0.0439. The molecule has 0 bridgehead atoms. The Labute approximate surface area is 191 Å². The summed E-state index contributed by atoms with van der Waals surface area (Å²) in [6.07, 6.45) is 0.0439. The Kier molecular flexibility index (Phi) is 7.47. The van der Waals surface area contributed by atoms with Crippen LogP contribution >= 0.6 is 15.9 Å². The van der Waals surface area contributed by atoms with Gasteiger partial charge in [-0.2, -0.15) is 0 Å². The van der Waals surface area contributed by atoms with Crippen molar-refractivity contribution in [1.82, 2.24) is 5.32 Å². The number of carbonyl (C=O) groups is 2. The van der Waals surface area contributed by atoms with Gasteiger partial charge in [0.2, 0.25) is 0 Å². The van der Waals surface area contributed by atoms with E-state index in [0.29, 0.717) is 27.0 Å². The van der Waals surface area contributed by atoms with E-state index in [1.807, 2.05) is 51.1 Å². The van der Waals surface area contributed by atoms with Crippen molar-refractivity contribution in [3.05, 3.63) is 94.0 Å². The van der Waals surface area contributed by atoms with E-state index in [-0.39, 0.29) is 24.0 Å². The molecule has 0 saturated heterocycles. The number of amides is 2. The molecule has 0 spiro atoms. The first-order valence-corrected chi connectivity index (χ1v) is 10.9. The summed E-state index contributed by atoms with van der Waals surface area (Å²) in [7, 11) is 0. The van der Waals surface area contributed by atoms with E-state index >= 15 is 0 Å².